The van der Waals surface area contributed by atoms with Gasteiger partial charge in [-0.1, -0.05) is 18.2 Å². The van der Waals surface area contributed by atoms with Crippen LogP contribution in [0.4, 0.5) is 0 Å². The van der Waals surface area contributed by atoms with Crippen molar-refractivity contribution in [2.45, 2.75) is 25.9 Å². The third-order valence-electron chi connectivity index (χ3n) is 3.93. The van der Waals surface area contributed by atoms with Crippen molar-refractivity contribution in [2.75, 3.05) is 7.05 Å². The van der Waals surface area contributed by atoms with Crippen LogP contribution in [-0.2, 0) is 13.0 Å². The monoisotopic (exact) mass is 280 g/mol. The number of benzene rings is 1. The van der Waals surface area contributed by atoms with Gasteiger partial charge < -0.3 is 9.88 Å². The second-order valence-electron chi connectivity index (χ2n) is 5.09. The van der Waals surface area contributed by atoms with Gasteiger partial charge in [-0.2, -0.15) is 0 Å². The molecule has 1 atom stereocenters. The second-order valence-corrected chi connectivity index (χ2v) is 5.09. The number of aryl methyl sites for hydroxylation is 1. The van der Waals surface area contributed by atoms with Crippen LogP contribution >= 0.6 is 0 Å². The van der Waals surface area contributed by atoms with Crippen LogP contribution in [0.1, 0.15) is 24.4 Å². The molecule has 4 heteroatoms. The summed E-state index contributed by atoms with van der Waals surface area (Å²) in [6, 6.07) is 10.6. The van der Waals surface area contributed by atoms with Crippen molar-refractivity contribution in [1.29, 1.82) is 0 Å². The van der Waals surface area contributed by atoms with Crippen LogP contribution in [-0.4, -0.2) is 21.6 Å². The fourth-order valence-corrected chi connectivity index (χ4v) is 2.80. The molecule has 3 rings (SSSR count). The fourth-order valence-electron chi connectivity index (χ4n) is 2.80. The van der Waals surface area contributed by atoms with Gasteiger partial charge in [-0.15, -0.1) is 0 Å². The molecule has 0 spiro atoms. The van der Waals surface area contributed by atoms with Crippen LogP contribution in [0.3, 0.4) is 0 Å². The highest BCUT2D eigenvalue weighted by Crippen LogP contribution is 2.25. The molecular formula is C17H20N4. The largest absolute Gasteiger partial charge is 0.335 e. The number of nitrogens with zero attached hydrogens (tertiary/aromatic N) is 3. The molecule has 0 radical (unpaired) electrons. The Kier molecular flexibility index (Phi) is 3.97. The number of imidazole rings is 1. The first-order chi connectivity index (χ1) is 10.3. The van der Waals surface area contributed by atoms with E-state index in [1.165, 1.54) is 10.9 Å². The molecule has 0 aliphatic carbocycles. The van der Waals surface area contributed by atoms with Gasteiger partial charge in [-0.05, 0) is 31.7 Å². The summed E-state index contributed by atoms with van der Waals surface area (Å²) in [6.07, 6.45) is 6.61. The lowest BCUT2D eigenvalue weighted by Crippen LogP contribution is -2.21. The Hall–Kier alpha value is -2.20. The van der Waals surface area contributed by atoms with E-state index in [0.29, 0.717) is 0 Å². The Morgan fingerprint density at radius 2 is 2.05 bits per heavy atom. The van der Waals surface area contributed by atoms with Gasteiger partial charge in [-0.25, -0.2) is 4.98 Å². The van der Waals surface area contributed by atoms with Crippen LogP contribution in [0.15, 0.2) is 48.9 Å². The zero-order chi connectivity index (χ0) is 14.7. The summed E-state index contributed by atoms with van der Waals surface area (Å²) in [5.41, 5.74) is 2.31. The van der Waals surface area contributed by atoms with Gasteiger partial charge in [-0.3, -0.25) is 4.98 Å². The smallest absolute Gasteiger partial charge is 0.110 e. The van der Waals surface area contributed by atoms with Crippen LogP contribution in [0, 0.1) is 0 Å². The van der Waals surface area contributed by atoms with Gasteiger partial charge in [0.1, 0.15) is 5.82 Å². The molecule has 1 N–H and O–H groups in total. The van der Waals surface area contributed by atoms with E-state index in [0.717, 1.165) is 24.3 Å². The minimum atomic E-state index is 0.227. The molecule has 2 aromatic heterocycles. The fraction of sp³-hybridized carbons (Fsp3) is 0.294. The number of likely N-dealkylation sites (N-methyl/N-ethyl adjacent to an activating group) is 1. The highest BCUT2D eigenvalue weighted by molar-refractivity contribution is 5.82. The number of hydrogen-bond acceptors (Lipinski definition) is 3. The molecule has 108 valence electrons. The van der Waals surface area contributed by atoms with Crippen molar-refractivity contribution in [3.63, 3.8) is 0 Å². The average Bonchev–Trinajstić information content (AvgIpc) is 2.99. The molecule has 0 aliphatic rings. The maximum Gasteiger partial charge on any atom is 0.110 e. The summed E-state index contributed by atoms with van der Waals surface area (Å²) in [5.74, 6) is 1.11. The lowest BCUT2D eigenvalue weighted by Gasteiger charge is -2.18. The van der Waals surface area contributed by atoms with Crippen molar-refractivity contribution >= 4 is 10.9 Å². The Morgan fingerprint density at radius 3 is 2.86 bits per heavy atom. The van der Waals surface area contributed by atoms with Crippen LogP contribution in [0.5, 0.6) is 0 Å². The normalized spacial score (nSPS) is 12.7. The molecule has 4 nitrogen and oxygen atoms in total. The molecule has 1 unspecified atom stereocenters. The first-order valence-corrected chi connectivity index (χ1v) is 7.34. The standard InChI is InChI=1S/C17H20N4/c1-3-21-11-10-20-17(21)12-16(18-2)14-6-4-8-15-13(14)7-5-9-19-15/h4-11,16,18H,3,12H2,1-2H3. The van der Waals surface area contributed by atoms with Crippen LogP contribution in [0.25, 0.3) is 10.9 Å². The van der Waals surface area contributed by atoms with E-state index in [4.69, 9.17) is 0 Å². The molecule has 3 aromatic rings. The highest BCUT2D eigenvalue weighted by Gasteiger charge is 2.15. The van der Waals surface area contributed by atoms with Crippen molar-refractivity contribution in [3.8, 4) is 0 Å². The van der Waals surface area contributed by atoms with E-state index >= 15 is 0 Å². The zero-order valence-corrected chi connectivity index (χ0v) is 12.5. The number of hydrogen-bond donors (Lipinski definition) is 1. The van der Waals surface area contributed by atoms with E-state index < -0.39 is 0 Å². The van der Waals surface area contributed by atoms with E-state index in [9.17, 15) is 0 Å². The predicted molar refractivity (Wildman–Crippen MR) is 85.1 cm³/mol. The van der Waals surface area contributed by atoms with Crippen molar-refractivity contribution in [1.82, 2.24) is 19.9 Å². The van der Waals surface area contributed by atoms with Crippen molar-refractivity contribution in [2.24, 2.45) is 0 Å². The Bertz CT molecular complexity index is 727. The lowest BCUT2D eigenvalue weighted by atomic mass is 9.98. The van der Waals surface area contributed by atoms with Gasteiger partial charge in [0, 0.05) is 43.0 Å². The molecule has 0 saturated heterocycles. The summed E-state index contributed by atoms with van der Waals surface area (Å²) in [4.78, 5) is 8.93. The third kappa shape index (κ3) is 2.67. The minimum Gasteiger partial charge on any atom is -0.335 e. The number of nitrogens with one attached hydrogen (secondary N) is 1. The van der Waals surface area contributed by atoms with E-state index in [-0.39, 0.29) is 6.04 Å². The van der Waals surface area contributed by atoms with Crippen LogP contribution in [0.2, 0.25) is 0 Å². The summed E-state index contributed by atoms with van der Waals surface area (Å²) >= 11 is 0. The van der Waals surface area contributed by atoms with Gasteiger partial charge in [0.2, 0.25) is 0 Å². The van der Waals surface area contributed by atoms with Crippen LogP contribution < -0.4 is 5.32 Å². The first kappa shape index (κ1) is 13.8. The molecule has 0 fully saturated rings. The van der Waals surface area contributed by atoms with Crippen molar-refractivity contribution < 1.29 is 0 Å². The summed E-state index contributed by atoms with van der Waals surface area (Å²) in [6.45, 7) is 3.09. The molecule has 21 heavy (non-hydrogen) atoms. The Labute approximate surface area is 124 Å². The Morgan fingerprint density at radius 1 is 1.14 bits per heavy atom. The topological polar surface area (TPSA) is 42.7 Å². The first-order valence-electron chi connectivity index (χ1n) is 7.34. The highest BCUT2D eigenvalue weighted by atomic mass is 15.1. The molecule has 0 aliphatic heterocycles. The summed E-state index contributed by atoms with van der Waals surface area (Å²) < 4.78 is 2.19. The van der Waals surface area contributed by atoms with E-state index in [1.54, 1.807) is 0 Å². The van der Waals surface area contributed by atoms with Gasteiger partial charge in [0.25, 0.3) is 0 Å². The van der Waals surface area contributed by atoms with E-state index in [1.807, 2.05) is 31.7 Å². The molecule has 0 bridgehead atoms. The summed E-state index contributed by atoms with van der Waals surface area (Å²) in [5, 5.41) is 4.62. The molecule has 2 heterocycles. The molecular weight excluding hydrogens is 260 g/mol. The molecule has 1 aromatic carbocycles. The van der Waals surface area contributed by atoms with E-state index in [2.05, 4.69) is 51.0 Å². The SMILES string of the molecule is CCn1ccnc1CC(NC)c1cccc2ncccc12. The number of fused-ring (bicyclic) bond motifs is 1. The minimum absolute atomic E-state index is 0.227. The maximum absolute atomic E-state index is 4.49. The predicted octanol–water partition coefficient (Wildman–Crippen LogP) is 2.95. The maximum atomic E-state index is 4.49. The second kappa shape index (κ2) is 6.06. The third-order valence-corrected chi connectivity index (χ3v) is 3.93. The Balaban J connectivity index is 1.99. The number of aromatic nitrogens is 3. The number of rotatable bonds is 5. The van der Waals surface area contributed by atoms with Gasteiger partial charge >= 0.3 is 0 Å². The van der Waals surface area contributed by atoms with Gasteiger partial charge in [0.05, 0.1) is 5.52 Å². The summed E-state index contributed by atoms with van der Waals surface area (Å²) in [7, 11) is 2.00. The number of pyridine rings is 1. The molecule has 0 amide bonds. The lowest BCUT2D eigenvalue weighted by molar-refractivity contribution is 0.556. The average molecular weight is 280 g/mol. The zero-order valence-electron chi connectivity index (χ0n) is 12.5. The molecule has 0 saturated carbocycles. The van der Waals surface area contributed by atoms with Crippen molar-refractivity contribution in [3.05, 3.63) is 60.3 Å². The van der Waals surface area contributed by atoms with Gasteiger partial charge in [0.15, 0.2) is 0 Å². The quantitative estimate of drug-likeness (QED) is 0.781.